The van der Waals surface area contributed by atoms with E-state index in [9.17, 15) is 9.36 Å². The fourth-order valence-electron chi connectivity index (χ4n) is 2.54. The van der Waals surface area contributed by atoms with Crippen molar-refractivity contribution in [3.05, 3.63) is 53.6 Å². The first-order valence-electron chi connectivity index (χ1n) is 6.04. The summed E-state index contributed by atoms with van der Waals surface area (Å²) in [6, 6.07) is 13.3. The van der Waals surface area contributed by atoms with Crippen LogP contribution in [0, 0.1) is 0 Å². The first-order valence-corrected chi connectivity index (χ1v) is 7.45. The van der Waals surface area contributed by atoms with Gasteiger partial charge < -0.3 is 4.57 Å². The van der Waals surface area contributed by atoms with Gasteiger partial charge in [-0.15, -0.1) is 0 Å². The molecule has 18 heavy (non-hydrogen) atoms. The van der Waals surface area contributed by atoms with Gasteiger partial charge in [0, 0.05) is 10.9 Å². The largest absolute Gasteiger partial charge is 0.313 e. The first kappa shape index (κ1) is 11.4. The zero-order valence-corrected chi connectivity index (χ0v) is 11.1. The number of hydrogen-bond acceptors (Lipinski definition) is 2. The number of fused-ring (bicyclic) bond motifs is 3. The molecule has 0 aliphatic carbocycles. The Balaban J connectivity index is 2.40. The molecule has 1 aliphatic heterocycles. The number of benzene rings is 2. The van der Waals surface area contributed by atoms with Crippen LogP contribution in [0.5, 0.6) is 0 Å². The Labute approximate surface area is 106 Å². The van der Waals surface area contributed by atoms with E-state index in [2.05, 4.69) is 0 Å². The zero-order chi connectivity index (χ0) is 12.7. The van der Waals surface area contributed by atoms with Crippen LogP contribution in [0.4, 0.5) is 0 Å². The van der Waals surface area contributed by atoms with Gasteiger partial charge in [0.15, 0.2) is 7.80 Å². The highest BCUT2D eigenvalue weighted by Crippen LogP contribution is 2.41. The maximum Gasteiger partial charge on any atom is 0.223 e. The summed E-state index contributed by atoms with van der Waals surface area (Å²) in [6.07, 6.45) is 0.801. The van der Waals surface area contributed by atoms with Crippen molar-refractivity contribution in [1.29, 1.82) is 0 Å². The van der Waals surface area contributed by atoms with Gasteiger partial charge in [0.2, 0.25) is 5.52 Å². The van der Waals surface area contributed by atoms with Crippen LogP contribution < -0.4 is 5.30 Å². The van der Waals surface area contributed by atoms with Gasteiger partial charge in [-0.3, -0.25) is 4.79 Å². The molecule has 90 valence electrons. The predicted octanol–water partition coefficient (Wildman–Crippen LogP) is 3.25. The van der Waals surface area contributed by atoms with E-state index in [1.807, 2.05) is 43.3 Å². The van der Waals surface area contributed by atoms with Gasteiger partial charge in [0.1, 0.15) is 0 Å². The number of carbonyl (C=O) groups is 1. The SMILES string of the molecule is CCc1cccc2c1[PH](=O)C(=O)c1ccccc1-2. The second kappa shape index (κ2) is 4.22. The Hall–Kier alpha value is -1.66. The van der Waals surface area contributed by atoms with E-state index >= 15 is 0 Å². The average molecular weight is 256 g/mol. The number of hydrogen-bond donors (Lipinski definition) is 0. The summed E-state index contributed by atoms with van der Waals surface area (Å²) >= 11 is 0. The molecule has 3 heteroatoms. The van der Waals surface area contributed by atoms with E-state index in [1.54, 1.807) is 6.07 Å². The van der Waals surface area contributed by atoms with E-state index in [1.165, 1.54) is 0 Å². The van der Waals surface area contributed by atoms with Crippen LogP contribution in [-0.4, -0.2) is 5.52 Å². The van der Waals surface area contributed by atoms with Gasteiger partial charge in [-0.25, -0.2) is 0 Å². The molecule has 1 aliphatic rings. The second-order valence-corrected chi connectivity index (χ2v) is 6.01. The molecule has 1 atom stereocenters. The molecule has 0 fully saturated rings. The summed E-state index contributed by atoms with van der Waals surface area (Å²) < 4.78 is 12.4. The van der Waals surface area contributed by atoms with Crippen LogP contribution in [0.15, 0.2) is 42.5 Å². The molecule has 0 N–H and O–H groups in total. The summed E-state index contributed by atoms with van der Waals surface area (Å²) in [6.45, 7) is 2.02. The standard InChI is InChI=1S/C15H13O2P/c1-2-10-6-5-9-12-11-7-3-4-8-13(11)15(16)18(17)14(10)12/h3-9,18H,2H2,1H3. The van der Waals surface area contributed by atoms with Crippen molar-refractivity contribution in [2.45, 2.75) is 13.3 Å². The van der Waals surface area contributed by atoms with Crippen molar-refractivity contribution < 1.29 is 9.36 Å². The highest BCUT2D eigenvalue weighted by molar-refractivity contribution is 7.72. The molecule has 0 spiro atoms. The molecule has 0 saturated carbocycles. The summed E-state index contributed by atoms with van der Waals surface area (Å²) in [5.74, 6) is 0. The molecule has 3 rings (SSSR count). The smallest absolute Gasteiger partial charge is 0.223 e. The Kier molecular flexibility index (Phi) is 2.68. The molecule has 2 aromatic carbocycles. The van der Waals surface area contributed by atoms with Crippen molar-refractivity contribution in [3.8, 4) is 11.1 Å². The zero-order valence-electron chi connectivity index (χ0n) is 10.1. The van der Waals surface area contributed by atoms with Crippen LogP contribution in [0.1, 0.15) is 22.8 Å². The Morgan fingerprint density at radius 3 is 2.33 bits per heavy atom. The third-order valence-electron chi connectivity index (χ3n) is 3.43. The van der Waals surface area contributed by atoms with Crippen LogP contribution in [0.3, 0.4) is 0 Å². The molecule has 0 saturated heterocycles. The van der Waals surface area contributed by atoms with Gasteiger partial charge in [0.25, 0.3) is 0 Å². The van der Waals surface area contributed by atoms with Crippen molar-refractivity contribution in [1.82, 2.24) is 0 Å². The maximum atomic E-state index is 12.4. The van der Waals surface area contributed by atoms with E-state index in [0.717, 1.165) is 28.4 Å². The molecule has 2 aromatic rings. The quantitative estimate of drug-likeness (QED) is 0.734. The summed E-state index contributed by atoms with van der Waals surface area (Å²) in [7, 11) is -2.37. The summed E-state index contributed by atoms with van der Waals surface area (Å²) in [4.78, 5) is 12.2. The molecule has 0 radical (unpaired) electrons. The molecular weight excluding hydrogens is 243 g/mol. The minimum Gasteiger partial charge on any atom is -0.313 e. The minimum atomic E-state index is -2.37. The number of aryl methyl sites for hydroxylation is 1. The molecule has 0 aromatic heterocycles. The third-order valence-corrected chi connectivity index (χ3v) is 5.15. The molecule has 1 heterocycles. The topological polar surface area (TPSA) is 34.1 Å². The average Bonchev–Trinajstić information content (AvgIpc) is 2.44. The Morgan fingerprint density at radius 1 is 0.944 bits per heavy atom. The lowest BCUT2D eigenvalue weighted by Crippen LogP contribution is -2.18. The first-order chi connectivity index (χ1) is 8.74. The molecular formula is C15H13O2P. The van der Waals surface area contributed by atoms with Crippen molar-refractivity contribution in [2.24, 2.45) is 0 Å². The Morgan fingerprint density at radius 2 is 1.61 bits per heavy atom. The highest BCUT2D eigenvalue weighted by Gasteiger charge is 2.29. The molecule has 0 bridgehead atoms. The fourth-order valence-corrected chi connectivity index (χ4v) is 4.24. The summed E-state index contributed by atoms with van der Waals surface area (Å²) in [5.41, 5.74) is 3.30. The number of rotatable bonds is 1. The monoisotopic (exact) mass is 256 g/mol. The lowest BCUT2D eigenvalue weighted by molar-refractivity contribution is 0.108. The van der Waals surface area contributed by atoms with Crippen LogP contribution in [-0.2, 0) is 11.0 Å². The van der Waals surface area contributed by atoms with E-state index in [0.29, 0.717) is 5.56 Å². The van der Waals surface area contributed by atoms with Gasteiger partial charge in [-0.1, -0.05) is 49.4 Å². The summed E-state index contributed by atoms with van der Waals surface area (Å²) in [5, 5.41) is 0.772. The van der Waals surface area contributed by atoms with Crippen molar-refractivity contribution >= 4 is 18.6 Å². The van der Waals surface area contributed by atoms with Gasteiger partial charge in [-0.05, 0) is 23.1 Å². The van der Waals surface area contributed by atoms with E-state index < -0.39 is 7.80 Å². The lowest BCUT2D eigenvalue weighted by atomic mass is 9.97. The molecule has 0 amide bonds. The molecule has 1 unspecified atom stereocenters. The lowest BCUT2D eigenvalue weighted by Gasteiger charge is -2.20. The van der Waals surface area contributed by atoms with Gasteiger partial charge >= 0.3 is 0 Å². The molecule has 2 nitrogen and oxygen atoms in total. The van der Waals surface area contributed by atoms with Gasteiger partial charge in [0.05, 0.1) is 0 Å². The van der Waals surface area contributed by atoms with E-state index in [4.69, 9.17) is 0 Å². The van der Waals surface area contributed by atoms with Crippen molar-refractivity contribution in [3.63, 3.8) is 0 Å². The minimum absolute atomic E-state index is 0.205. The van der Waals surface area contributed by atoms with E-state index in [-0.39, 0.29) is 5.52 Å². The Bertz CT molecular complexity index is 674. The van der Waals surface area contributed by atoms with Gasteiger partial charge in [-0.2, -0.15) is 0 Å². The normalized spacial score (nSPS) is 17.2. The second-order valence-electron chi connectivity index (χ2n) is 4.40. The van der Waals surface area contributed by atoms with Crippen LogP contribution >= 0.6 is 7.80 Å². The third kappa shape index (κ3) is 1.49. The van der Waals surface area contributed by atoms with Crippen LogP contribution in [0.2, 0.25) is 0 Å². The van der Waals surface area contributed by atoms with Crippen LogP contribution in [0.25, 0.3) is 11.1 Å². The highest BCUT2D eigenvalue weighted by atomic mass is 31.1. The van der Waals surface area contributed by atoms with Crippen molar-refractivity contribution in [2.75, 3.05) is 0 Å². The fraction of sp³-hybridized carbons (Fsp3) is 0.133. The number of carbonyl (C=O) groups excluding carboxylic acids is 1. The predicted molar refractivity (Wildman–Crippen MR) is 74.2 cm³/mol. The maximum absolute atomic E-state index is 12.4.